The van der Waals surface area contributed by atoms with Gasteiger partial charge < -0.3 is 9.84 Å². The lowest BCUT2D eigenvalue weighted by atomic mass is 10.0. The van der Waals surface area contributed by atoms with Crippen molar-refractivity contribution in [3.8, 4) is 22.5 Å². The lowest BCUT2D eigenvalue weighted by Crippen LogP contribution is -2.13. The highest BCUT2D eigenvalue weighted by Gasteiger charge is 2.20. The van der Waals surface area contributed by atoms with Gasteiger partial charge in [0.2, 0.25) is 0 Å². The summed E-state index contributed by atoms with van der Waals surface area (Å²) in [7, 11) is 0. The lowest BCUT2D eigenvalue weighted by Gasteiger charge is -2.08. The van der Waals surface area contributed by atoms with Crippen molar-refractivity contribution in [3.05, 3.63) is 88.0 Å². The molecule has 1 amide bonds. The number of carbonyl (C=O) groups is 1. The Balaban J connectivity index is 1.52. The first kappa shape index (κ1) is 18.8. The molecule has 0 unspecified atom stereocenters. The highest BCUT2D eigenvalue weighted by atomic mass is 35.5. The van der Waals surface area contributed by atoms with Crippen LogP contribution < -0.4 is 11.1 Å². The zero-order valence-electron chi connectivity index (χ0n) is 15.8. The van der Waals surface area contributed by atoms with Gasteiger partial charge in [0.25, 0.3) is 5.91 Å². The van der Waals surface area contributed by atoms with Crippen LogP contribution in [0.3, 0.4) is 0 Å². The molecule has 0 fully saturated rings. The minimum atomic E-state index is -0.719. The van der Waals surface area contributed by atoms with E-state index in [-0.39, 0.29) is 11.5 Å². The minimum Gasteiger partial charge on any atom is -0.355 e. The molecule has 0 atom stereocenters. The Kier molecular flexibility index (Phi) is 4.61. The number of nitrogens with one attached hydrogen (secondary N) is 2. The summed E-state index contributed by atoms with van der Waals surface area (Å²) in [4.78, 5) is 26.8. The average Bonchev–Trinajstić information content (AvgIpc) is 3.41. The summed E-state index contributed by atoms with van der Waals surface area (Å²) in [6, 6.07) is 20.1. The van der Waals surface area contributed by atoms with Gasteiger partial charge in [0.05, 0.1) is 11.1 Å². The van der Waals surface area contributed by atoms with E-state index in [2.05, 4.69) is 25.1 Å². The smallest absolute Gasteiger partial charge is 0.355 e. The molecule has 0 saturated heterocycles. The summed E-state index contributed by atoms with van der Waals surface area (Å²) in [5.74, 6) is -1.07. The van der Waals surface area contributed by atoms with E-state index in [0.29, 0.717) is 27.2 Å². The van der Waals surface area contributed by atoms with Crippen molar-refractivity contribution in [1.29, 1.82) is 0 Å². The molecular weight excluding hydrogens is 420 g/mol. The molecule has 8 nitrogen and oxygen atoms in total. The standard InChI is InChI=1S/C22H13ClN4O4/c23-14-7-8-17(15(11-14)20-25-22(29)31-27-20)24-21(28)19-16-10-13(6-9-18(16)30-26-19)12-4-2-1-3-5-12/h1-11H,(H,24,28)(H,25,27,29). The number of anilines is 1. The zero-order valence-corrected chi connectivity index (χ0v) is 16.5. The maximum atomic E-state index is 13.0. The third-order valence-electron chi connectivity index (χ3n) is 4.72. The van der Waals surface area contributed by atoms with Gasteiger partial charge in [-0.15, -0.1) is 0 Å². The number of fused-ring (bicyclic) bond motifs is 1. The third kappa shape index (κ3) is 3.60. The number of hydrogen-bond donors (Lipinski definition) is 2. The Labute approximate surface area is 179 Å². The van der Waals surface area contributed by atoms with Crippen LogP contribution in [0.2, 0.25) is 5.02 Å². The molecule has 0 spiro atoms. The molecule has 5 aromatic rings. The van der Waals surface area contributed by atoms with Crippen LogP contribution in [-0.4, -0.2) is 21.2 Å². The van der Waals surface area contributed by atoms with Gasteiger partial charge in [-0.3, -0.25) is 14.3 Å². The van der Waals surface area contributed by atoms with Crippen LogP contribution in [0, 0.1) is 0 Å². The van der Waals surface area contributed by atoms with Gasteiger partial charge in [-0.25, -0.2) is 4.79 Å². The van der Waals surface area contributed by atoms with E-state index in [0.717, 1.165) is 11.1 Å². The molecule has 0 saturated carbocycles. The van der Waals surface area contributed by atoms with E-state index < -0.39 is 11.7 Å². The van der Waals surface area contributed by atoms with Crippen LogP contribution in [-0.2, 0) is 0 Å². The molecule has 2 N–H and O–H groups in total. The maximum Gasteiger partial charge on any atom is 0.439 e. The van der Waals surface area contributed by atoms with Crippen molar-refractivity contribution in [2.45, 2.75) is 0 Å². The van der Waals surface area contributed by atoms with E-state index in [1.54, 1.807) is 24.3 Å². The molecule has 0 radical (unpaired) electrons. The number of aromatic amines is 1. The number of nitrogens with zero attached hydrogens (tertiary/aromatic N) is 2. The Morgan fingerprint density at radius 1 is 0.935 bits per heavy atom. The molecule has 2 aromatic heterocycles. The fourth-order valence-electron chi connectivity index (χ4n) is 3.26. The van der Waals surface area contributed by atoms with Crippen molar-refractivity contribution in [3.63, 3.8) is 0 Å². The van der Waals surface area contributed by atoms with E-state index in [1.165, 1.54) is 0 Å². The normalized spacial score (nSPS) is 11.0. The Morgan fingerprint density at radius 2 is 1.77 bits per heavy atom. The predicted octanol–water partition coefficient (Wildman–Crippen LogP) is 4.74. The number of hydrogen-bond acceptors (Lipinski definition) is 6. The van der Waals surface area contributed by atoms with Crippen LogP contribution in [0.25, 0.3) is 33.5 Å². The van der Waals surface area contributed by atoms with Crippen molar-refractivity contribution in [2.24, 2.45) is 0 Å². The van der Waals surface area contributed by atoms with E-state index in [9.17, 15) is 9.59 Å². The van der Waals surface area contributed by atoms with E-state index in [1.807, 2.05) is 42.5 Å². The molecule has 5 rings (SSSR count). The molecule has 31 heavy (non-hydrogen) atoms. The van der Waals surface area contributed by atoms with Gasteiger partial charge in [0.15, 0.2) is 17.1 Å². The number of amides is 1. The molecule has 152 valence electrons. The number of halogens is 1. The minimum absolute atomic E-state index is 0.127. The lowest BCUT2D eigenvalue weighted by molar-refractivity contribution is 0.102. The zero-order chi connectivity index (χ0) is 21.4. The van der Waals surface area contributed by atoms with Crippen molar-refractivity contribution >= 4 is 34.2 Å². The molecule has 0 aliphatic heterocycles. The van der Waals surface area contributed by atoms with Gasteiger partial charge in [0, 0.05) is 10.6 Å². The van der Waals surface area contributed by atoms with Crippen LogP contribution in [0.4, 0.5) is 5.69 Å². The number of rotatable bonds is 4. The highest BCUT2D eigenvalue weighted by Crippen LogP contribution is 2.30. The molecule has 0 aliphatic carbocycles. The van der Waals surface area contributed by atoms with E-state index >= 15 is 0 Å². The second kappa shape index (κ2) is 7.58. The fraction of sp³-hybridized carbons (Fsp3) is 0. The van der Waals surface area contributed by atoms with E-state index in [4.69, 9.17) is 16.1 Å². The van der Waals surface area contributed by atoms with Crippen LogP contribution >= 0.6 is 11.6 Å². The van der Waals surface area contributed by atoms with Crippen molar-refractivity contribution in [2.75, 3.05) is 5.32 Å². The first-order chi connectivity index (χ1) is 15.1. The molecule has 0 aliphatic rings. The summed E-state index contributed by atoms with van der Waals surface area (Å²) < 4.78 is 9.89. The number of H-pyrrole nitrogens is 1. The highest BCUT2D eigenvalue weighted by molar-refractivity contribution is 6.31. The molecule has 3 aromatic carbocycles. The summed E-state index contributed by atoms with van der Waals surface area (Å²) in [5.41, 5.74) is 3.31. The quantitative estimate of drug-likeness (QED) is 0.424. The van der Waals surface area contributed by atoms with Gasteiger partial charge in [-0.05, 0) is 41.5 Å². The second-order valence-electron chi connectivity index (χ2n) is 6.70. The first-order valence-corrected chi connectivity index (χ1v) is 9.58. The molecule has 2 heterocycles. The molecule has 0 bridgehead atoms. The summed E-state index contributed by atoms with van der Waals surface area (Å²) in [6.45, 7) is 0. The van der Waals surface area contributed by atoms with Crippen molar-refractivity contribution < 1.29 is 13.8 Å². The third-order valence-corrected chi connectivity index (χ3v) is 4.95. The predicted molar refractivity (Wildman–Crippen MR) is 115 cm³/mol. The van der Waals surface area contributed by atoms with Crippen molar-refractivity contribution in [1.82, 2.24) is 15.3 Å². The Bertz CT molecular complexity index is 1470. The van der Waals surface area contributed by atoms with Gasteiger partial charge in [-0.1, -0.05) is 58.3 Å². The van der Waals surface area contributed by atoms with Gasteiger partial charge in [0.1, 0.15) is 0 Å². The Morgan fingerprint density at radius 3 is 2.55 bits per heavy atom. The first-order valence-electron chi connectivity index (χ1n) is 9.20. The Hall–Kier alpha value is -4.17. The van der Waals surface area contributed by atoms with Crippen LogP contribution in [0.5, 0.6) is 0 Å². The summed E-state index contributed by atoms with van der Waals surface area (Å²) in [5, 5.41) is 11.4. The molecule has 9 heteroatoms. The SMILES string of the molecule is O=C(Nc1ccc(Cl)cc1-c1noc(=O)[nH]1)c1noc2ccc(-c3ccccc3)cc12. The number of benzene rings is 3. The number of aromatic nitrogens is 3. The number of carbonyl (C=O) groups excluding carboxylic acids is 1. The fourth-order valence-corrected chi connectivity index (χ4v) is 3.43. The largest absolute Gasteiger partial charge is 0.439 e. The van der Waals surface area contributed by atoms with Crippen LogP contribution in [0.15, 0.2) is 80.6 Å². The van der Waals surface area contributed by atoms with Crippen LogP contribution in [0.1, 0.15) is 10.5 Å². The average molecular weight is 433 g/mol. The molecular formula is C22H13ClN4O4. The van der Waals surface area contributed by atoms with Gasteiger partial charge in [-0.2, -0.15) is 0 Å². The maximum absolute atomic E-state index is 13.0. The topological polar surface area (TPSA) is 114 Å². The summed E-state index contributed by atoms with van der Waals surface area (Å²) >= 11 is 6.07. The second-order valence-corrected chi connectivity index (χ2v) is 7.13. The summed E-state index contributed by atoms with van der Waals surface area (Å²) in [6.07, 6.45) is 0. The van der Waals surface area contributed by atoms with Gasteiger partial charge >= 0.3 is 5.76 Å². The monoisotopic (exact) mass is 432 g/mol.